The van der Waals surface area contributed by atoms with Crippen LogP contribution in [0.3, 0.4) is 0 Å². The van der Waals surface area contributed by atoms with Crippen LogP contribution >= 0.6 is 0 Å². The molecular formula is C23H26FN3O3. The van der Waals surface area contributed by atoms with E-state index in [1.54, 1.807) is 19.2 Å². The molecule has 7 heteroatoms. The molecule has 0 saturated carbocycles. The summed E-state index contributed by atoms with van der Waals surface area (Å²) in [7, 11) is 1.65. The Labute approximate surface area is 175 Å². The van der Waals surface area contributed by atoms with Gasteiger partial charge in [0.1, 0.15) is 17.8 Å². The number of rotatable bonds is 9. The highest BCUT2D eigenvalue weighted by Gasteiger charge is 2.17. The van der Waals surface area contributed by atoms with Crippen LogP contribution in [0.4, 0.5) is 4.39 Å². The van der Waals surface area contributed by atoms with Gasteiger partial charge in [-0.1, -0.05) is 24.3 Å². The predicted molar refractivity (Wildman–Crippen MR) is 111 cm³/mol. The van der Waals surface area contributed by atoms with E-state index in [9.17, 15) is 9.18 Å². The van der Waals surface area contributed by atoms with Crippen molar-refractivity contribution in [2.24, 2.45) is 0 Å². The van der Waals surface area contributed by atoms with Crippen molar-refractivity contribution in [2.45, 2.75) is 39.5 Å². The Morgan fingerprint density at radius 1 is 1.17 bits per heavy atom. The molecule has 1 aromatic heterocycles. The molecular weight excluding hydrogens is 385 g/mol. The minimum Gasteiger partial charge on any atom is -0.497 e. The van der Waals surface area contributed by atoms with Gasteiger partial charge in [0, 0.05) is 19.1 Å². The molecule has 0 saturated heterocycles. The number of halogens is 1. The molecule has 3 rings (SSSR count). The number of aromatic nitrogens is 1. The normalized spacial score (nSPS) is 11.1. The van der Waals surface area contributed by atoms with Crippen molar-refractivity contribution in [3.05, 3.63) is 83.3 Å². The number of nitrogens with one attached hydrogen (secondary N) is 1. The number of carbonyl (C=O) groups is 1. The third-order valence-electron chi connectivity index (χ3n) is 4.74. The molecule has 0 spiro atoms. The van der Waals surface area contributed by atoms with Gasteiger partial charge < -0.3 is 14.5 Å². The third kappa shape index (κ3) is 5.90. The summed E-state index contributed by atoms with van der Waals surface area (Å²) in [6.07, 6.45) is 1.36. The number of benzene rings is 2. The van der Waals surface area contributed by atoms with Gasteiger partial charge in [-0.15, -0.1) is 0 Å². The van der Waals surface area contributed by atoms with Crippen LogP contribution in [0.25, 0.3) is 0 Å². The molecule has 30 heavy (non-hydrogen) atoms. The Balaban J connectivity index is 1.60. The van der Waals surface area contributed by atoms with Crippen LogP contribution in [-0.4, -0.2) is 28.9 Å². The Bertz CT molecular complexity index is 970. The highest BCUT2D eigenvalue weighted by Crippen LogP contribution is 2.17. The number of nitrogens with zero attached hydrogens (tertiary/aromatic N) is 2. The Morgan fingerprint density at radius 2 is 1.93 bits per heavy atom. The summed E-state index contributed by atoms with van der Waals surface area (Å²) in [5, 5.41) is 2.77. The first-order valence-electron chi connectivity index (χ1n) is 9.78. The zero-order valence-corrected chi connectivity index (χ0v) is 17.4. The standard InChI is InChI=1S/C23H26FN3O3/c1-16(2)27(13-18-5-4-6-20(11-18)29-3)14-22-26-21(15-30-22)23(28)25-12-17-7-9-19(24)10-8-17/h4-11,15-16H,12-14H2,1-3H3,(H,25,28). The van der Waals surface area contributed by atoms with Gasteiger partial charge in [-0.05, 0) is 49.2 Å². The predicted octanol–water partition coefficient (Wildman–Crippen LogP) is 4.16. The Kier molecular flexibility index (Phi) is 7.19. The van der Waals surface area contributed by atoms with Crippen molar-refractivity contribution >= 4 is 5.91 Å². The smallest absolute Gasteiger partial charge is 0.273 e. The van der Waals surface area contributed by atoms with Crippen molar-refractivity contribution in [1.29, 1.82) is 0 Å². The number of oxazole rings is 1. The maximum atomic E-state index is 13.0. The largest absolute Gasteiger partial charge is 0.497 e. The summed E-state index contributed by atoms with van der Waals surface area (Å²) in [5.41, 5.74) is 2.14. The molecule has 0 aliphatic carbocycles. The molecule has 1 N–H and O–H groups in total. The molecule has 0 radical (unpaired) electrons. The first kappa shape index (κ1) is 21.5. The van der Waals surface area contributed by atoms with Gasteiger partial charge in [0.2, 0.25) is 5.89 Å². The lowest BCUT2D eigenvalue weighted by Gasteiger charge is -2.25. The molecule has 2 aromatic carbocycles. The number of hydrogen-bond donors (Lipinski definition) is 1. The second-order valence-electron chi connectivity index (χ2n) is 7.29. The lowest BCUT2D eigenvalue weighted by molar-refractivity contribution is 0.0945. The zero-order chi connectivity index (χ0) is 21.5. The van der Waals surface area contributed by atoms with Crippen LogP contribution in [-0.2, 0) is 19.6 Å². The summed E-state index contributed by atoms with van der Waals surface area (Å²) in [4.78, 5) is 18.9. The Morgan fingerprint density at radius 3 is 2.63 bits per heavy atom. The van der Waals surface area contributed by atoms with Crippen molar-refractivity contribution in [3.63, 3.8) is 0 Å². The molecule has 0 unspecified atom stereocenters. The first-order valence-corrected chi connectivity index (χ1v) is 9.78. The van der Waals surface area contributed by atoms with E-state index in [2.05, 4.69) is 29.0 Å². The van der Waals surface area contributed by atoms with E-state index in [4.69, 9.17) is 9.15 Å². The molecule has 0 aliphatic rings. The van der Waals surface area contributed by atoms with Crippen molar-refractivity contribution in [3.8, 4) is 5.75 Å². The second-order valence-corrected chi connectivity index (χ2v) is 7.29. The number of carbonyl (C=O) groups excluding carboxylic acids is 1. The van der Waals surface area contributed by atoms with E-state index >= 15 is 0 Å². The van der Waals surface area contributed by atoms with Crippen molar-refractivity contribution in [1.82, 2.24) is 15.2 Å². The fourth-order valence-electron chi connectivity index (χ4n) is 2.96. The van der Waals surface area contributed by atoms with Gasteiger partial charge in [-0.3, -0.25) is 9.69 Å². The summed E-state index contributed by atoms with van der Waals surface area (Å²) < 4.78 is 23.8. The average Bonchev–Trinajstić information content (AvgIpc) is 3.21. The Hall–Kier alpha value is -3.19. The van der Waals surface area contributed by atoms with E-state index in [-0.39, 0.29) is 30.0 Å². The topological polar surface area (TPSA) is 67.6 Å². The molecule has 6 nitrogen and oxygen atoms in total. The van der Waals surface area contributed by atoms with Gasteiger partial charge in [0.25, 0.3) is 5.91 Å². The lowest BCUT2D eigenvalue weighted by atomic mass is 10.2. The van der Waals surface area contributed by atoms with Crippen LogP contribution in [0, 0.1) is 5.82 Å². The SMILES string of the molecule is COc1cccc(CN(Cc2nc(C(=O)NCc3ccc(F)cc3)co2)C(C)C)c1. The molecule has 1 heterocycles. The summed E-state index contributed by atoms with van der Waals surface area (Å²) in [6, 6.07) is 14.1. The fourth-order valence-corrected chi connectivity index (χ4v) is 2.96. The minimum atomic E-state index is -0.335. The number of methoxy groups -OCH3 is 1. The molecule has 1 amide bonds. The van der Waals surface area contributed by atoms with Gasteiger partial charge in [-0.25, -0.2) is 9.37 Å². The third-order valence-corrected chi connectivity index (χ3v) is 4.74. The summed E-state index contributed by atoms with van der Waals surface area (Å²) in [6.45, 7) is 5.65. The molecule has 3 aromatic rings. The quantitative estimate of drug-likeness (QED) is 0.573. The van der Waals surface area contributed by atoms with E-state index in [1.165, 1.54) is 18.4 Å². The zero-order valence-electron chi connectivity index (χ0n) is 17.4. The van der Waals surface area contributed by atoms with Gasteiger partial charge >= 0.3 is 0 Å². The average molecular weight is 411 g/mol. The molecule has 0 bridgehead atoms. The van der Waals surface area contributed by atoms with E-state index < -0.39 is 0 Å². The minimum absolute atomic E-state index is 0.220. The van der Waals surface area contributed by atoms with E-state index in [0.717, 1.165) is 16.9 Å². The number of amides is 1. The van der Waals surface area contributed by atoms with Crippen molar-refractivity contribution in [2.75, 3.05) is 7.11 Å². The molecule has 0 aliphatic heterocycles. The van der Waals surface area contributed by atoms with E-state index in [1.807, 2.05) is 24.3 Å². The summed E-state index contributed by atoms with van der Waals surface area (Å²) in [5.74, 6) is 0.638. The van der Waals surface area contributed by atoms with Crippen molar-refractivity contribution < 1.29 is 18.3 Å². The molecule has 0 atom stereocenters. The van der Waals surface area contributed by atoms with Crippen LogP contribution in [0.15, 0.2) is 59.2 Å². The lowest BCUT2D eigenvalue weighted by Crippen LogP contribution is -2.30. The van der Waals surface area contributed by atoms with Gasteiger partial charge in [0.15, 0.2) is 5.69 Å². The highest BCUT2D eigenvalue weighted by atomic mass is 19.1. The fraction of sp³-hybridized carbons (Fsp3) is 0.304. The highest BCUT2D eigenvalue weighted by molar-refractivity contribution is 5.91. The molecule has 0 fully saturated rings. The maximum absolute atomic E-state index is 13.0. The molecule has 158 valence electrons. The second kappa shape index (κ2) is 10.0. The van der Waals surface area contributed by atoms with Crippen LogP contribution < -0.4 is 10.1 Å². The first-order chi connectivity index (χ1) is 14.4. The monoisotopic (exact) mass is 411 g/mol. The summed E-state index contributed by atoms with van der Waals surface area (Å²) >= 11 is 0. The number of hydrogen-bond acceptors (Lipinski definition) is 5. The number of ether oxygens (including phenoxy) is 1. The van der Waals surface area contributed by atoms with Crippen LogP contribution in [0.2, 0.25) is 0 Å². The van der Waals surface area contributed by atoms with Gasteiger partial charge in [0.05, 0.1) is 13.7 Å². The van der Waals surface area contributed by atoms with Crippen LogP contribution in [0.1, 0.15) is 41.4 Å². The van der Waals surface area contributed by atoms with Crippen LogP contribution in [0.5, 0.6) is 5.75 Å². The van der Waals surface area contributed by atoms with E-state index in [0.29, 0.717) is 19.0 Å². The maximum Gasteiger partial charge on any atom is 0.273 e. The van der Waals surface area contributed by atoms with Gasteiger partial charge in [-0.2, -0.15) is 0 Å².